The Hall–Kier alpha value is -3.55. The molecule has 210 valence electrons. The van der Waals surface area contributed by atoms with Crippen LogP contribution in [0.1, 0.15) is 61.3 Å². The van der Waals surface area contributed by atoms with Gasteiger partial charge in [-0.2, -0.15) is 0 Å². The number of fused-ring (bicyclic) bond motifs is 1. The van der Waals surface area contributed by atoms with Crippen molar-refractivity contribution in [2.24, 2.45) is 5.92 Å². The number of nitrogens with zero attached hydrogens (tertiary/aromatic N) is 2. The van der Waals surface area contributed by atoms with Gasteiger partial charge in [-0.3, -0.25) is 0 Å². The maximum absolute atomic E-state index is 11.6. The predicted octanol–water partition coefficient (Wildman–Crippen LogP) is 7.50. The van der Waals surface area contributed by atoms with E-state index in [-0.39, 0.29) is 18.0 Å². The van der Waals surface area contributed by atoms with Gasteiger partial charge in [0, 0.05) is 11.6 Å². The van der Waals surface area contributed by atoms with E-state index in [0.29, 0.717) is 24.3 Å². The van der Waals surface area contributed by atoms with Crippen LogP contribution in [0.15, 0.2) is 66.7 Å². The number of aromatic nitrogens is 2. The minimum absolute atomic E-state index is 0. The summed E-state index contributed by atoms with van der Waals surface area (Å²) < 4.78 is 14.8. The number of benzene rings is 3. The van der Waals surface area contributed by atoms with Gasteiger partial charge < -0.3 is 24.5 Å². The van der Waals surface area contributed by atoms with Crippen molar-refractivity contribution >= 4 is 29.4 Å². The lowest BCUT2D eigenvalue weighted by atomic mass is 9.95. The largest absolute Gasteiger partial charge is 0.489 e. The highest BCUT2D eigenvalue weighted by molar-refractivity contribution is 5.93. The fourth-order valence-corrected chi connectivity index (χ4v) is 5.85. The monoisotopic (exact) mass is 561 g/mol. The Morgan fingerprint density at radius 3 is 2.38 bits per heavy atom. The summed E-state index contributed by atoms with van der Waals surface area (Å²) in [5, 5.41) is 12.9. The lowest BCUT2D eigenvalue weighted by molar-refractivity contribution is 0.0697. The van der Waals surface area contributed by atoms with Crippen LogP contribution in [0.2, 0.25) is 0 Å². The number of rotatable bonds is 8. The van der Waals surface area contributed by atoms with Crippen LogP contribution in [0.3, 0.4) is 0 Å². The molecule has 3 aromatic carbocycles. The van der Waals surface area contributed by atoms with Crippen molar-refractivity contribution in [3.8, 4) is 28.6 Å². The molecular weight excluding hydrogens is 526 g/mol. The highest BCUT2D eigenvalue weighted by Crippen LogP contribution is 2.37. The second kappa shape index (κ2) is 12.7. The van der Waals surface area contributed by atoms with Crippen molar-refractivity contribution in [3.63, 3.8) is 0 Å². The average molecular weight is 562 g/mol. The Bertz CT molecular complexity index is 1440. The van der Waals surface area contributed by atoms with Gasteiger partial charge in [-0.25, -0.2) is 9.78 Å². The molecule has 0 radical (unpaired) electrons. The SMILES string of the molecule is Cl.O=C(O)c1ccc2c(c1)nc(-c1ccc(Oc3ccccc3OCC3CCNCC3)cc1)n2C1CCCCC1. The molecule has 0 amide bonds. The number of para-hydroxylation sites is 2. The van der Waals surface area contributed by atoms with E-state index in [1.807, 2.05) is 54.6 Å². The zero-order valence-electron chi connectivity index (χ0n) is 22.6. The third kappa shape index (κ3) is 6.11. The van der Waals surface area contributed by atoms with E-state index in [0.717, 1.165) is 72.7 Å². The summed E-state index contributed by atoms with van der Waals surface area (Å²) in [6.45, 7) is 2.80. The molecule has 8 heteroatoms. The zero-order valence-corrected chi connectivity index (χ0v) is 23.4. The van der Waals surface area contributed by atoms with Crippen LogP contribution >= 0.6 is 12.4 Å². The summed E-state index contributed by atoms with van der Waals surface area (Å²) in [7, 11) is 0. The molecule has 1 saturated carbocycles. The molecule has 2 fully saturated rings. The number of carboxylic acid groups (broad SMARTS) is 1. The quantitative estimate of drug-likeness (QED) is 0.232. The van der Waals surface area contributed by atoms with Gasteiger partial charge >= 0.3 is 5.97 Å². The van der Waals surface area contributed by atoms with Gasteiger partial charge in [-0.05, 0) is 99.3 Å². The van der Waals surface area contributed by atoms with Gasteiger partial charge in [0.05, 0.1) is 23.2 Å². The minimum atomic E-state index is -0.938. The molecule has 2 aliphatic rings. The van der Waals surface area contributed by atoms with Crippen LogP contribution in [0.4, 0.5) is 0 Å². The van der Waals surface area contributed by atoms with Crippen molar-refractivity contribution in [3.05, 3.63) is 72.3 Å². The summed E-state index contributed by atoms with van der Waals surface area (Å²) in [6, 6.07) is 21.4. The van der Waals surface area contributed by atoms with Crippen LogP contribution in [-0.2, 0) is 0 Å². The molecule has 4 aromatic rings. The number of hydrogen-bond donors (Lipinski definition) is 2. The van der Waals surface area contributed by atoms with Gasteiger partial charge in [0.15, 0.2) is 11.5 Å². The topological polar surface area (TPSA) is 85.6 Å². The molecule has 0 atom stereocenters. The third-order valence-electron chi connectivity index (χ3n) is 8.00. The Morgan fingerprint density at radius 2 is 1.65 bits per heavy atom. The summed E-state index contributed by atoms with van der Waals surface area (Å²) >= 11 is 0. The van der Waals surface area contributed by atoms with Crippen molar-refractivity contribution in [2.75, 3.05) is 19.7 Å². The molecular formula is C32H36ClN3O4. The zero-order chi connectivity index (χ0) is 26.6. The number of carbonyl (C=O) groups is 1. The first-order valence-electron chi connectivity index (χ1n) is 14.1. The van der Waals surface area contributed by atoms with Crippen LogP contribution < -0.4 is 14.8 Å². The number of carboxylic acids is 1. The van der Waals surface area contributed by atoms with Crippen molar-refractivity contribution in [2.45, 2.75) is 51.0 Å². The van der Waals surface area contributed by atoms with Crippen molar-refractivity contribution in [1.29, 1.82) is 0 Å². The fraction of sp³-hybridized carbons (Fsp3) is 0.375. The van der Waals surface area contributed by atoms with Crippen molar-refractivity contribution in [1.82, 2.24) is 14.9 Å². The minimum Gasteiger partial charge on any atom is -0.489 e. The normalized spacial score (nSPS) is 16.4. The fourth-order valence-electron chi connectivity index (χ4n) is 5.85. The highest BCUT2D eigenvalue weighted by atomic mass is 35.5. The van der Waals surface area contributed by atoms with E-state index >= 15 is 0 Å². The molecule has 0 bridgehead atoms. The van der Waals surface area contributed by atoms with E-state index in [9.17, 15) is 9.90 Å². The molecule has 0 unspecified atom stereocenters. The molecule has 0 spiro atoms. The Morgan fingerprint density at radius 1 is 0.925 bits per heavy atom. The van der Waals surface area contributed by atoms with Crippen LogP contribution in [0.5, 0.6) is 17.2 Å². The summed E-state index contributed by atoms with van der Waals surface area (Å²) in [4.78, 5) is 16.5. The van der Waals surface area contributed by atoms with Crippen LogP contribution in [0, 0.1) is 5.92 Å². The number of nitrogens with one attached hydrogen (secondary N) is 1. The first-order valence-corrected chi connectivity index (χ1v) is 14.1. The smallest absolute Gasteiger partial charge is 0.335 e. The molecule has 1 saturated heterocycles. The first kappa shape index (κ1) is 28.0. The molecule has 1 aliphatic carbocycles. The average Bonchev–Trinajstić information content (AvgIpc) is 3.37. The summed E-state index contributed by atoms with van der Waals surface area (Å²) in [5.74, 6) is 2.69. The summed E-state index contributed by atoms with van der Waals surface area (Å²) in [6.07, 6.45) is 8.13. The number of imidazole rings is 1. The van der Waals surface area contributed by atoms with Gasteiger partial charge in [-0.15, -0.1) is 12.4 Å². The Kier molecular flexibility index (Phi) is 8.92. The molecule has 2 N–H and O–H groups in total. The van der Waals surface area contributed by atoms with E-state index in [2.05, 4.69) is 9.88 Å². The van der Waals surface area contributed by atoms with E-state index in [1.165, 1.54) is 19.3 Å². The number of piperidine rings is 1. The van der Waals surface area contributed by atoms with Crippen molar-refractivity contribution < 1.29 is 19.4 Å². The van der Waals surface area contributed by atoms with E-state index in [4.69, 9.17) is 14.5 Å². The van der Waals surface area contributed by atoms with Gasteiger partial charge in [0.25, 0.3) is 0 Å². The van der Waals surface area contributed by atoms with E-state index in [1.54, 1.807) is 12.1 Å². The maximum atomic E-state index is 11.6. The standard InChI is InChI=1S/C32H35N3O4.ClH/c36-32(37)24-12-15-28-27(20-24)34-31(35(28)25-6-2-1-3-7-25)23-10-13-26(14-11-23)39-30-9-5-4-8-29(30)38-21-22-16-18-33-19-17-22;/h4-5,8-15,20,22,25,33H,1-3,6-7,16-19,21H2,(H,36,37);1H. The predicted molar refractivity (Wildman–Crippen MR) is 159 cm³/mol. The van der Waals surface area contributed by atoms with Gasteiger partial charge in [-0.1, -0.05) is 31.4 Å². The van der Waals surface area contributed by atoms with Gasteiger partial charge in [0.2, 0.25) is 0 Å². The molecule has 7 nitrogen and oxygen atoms in total. The second-order valence-electron chi connectivity index (χ2n) is 10.7. The number of hydrogen-bond acceptors (Lipinski definition) is 5. The lowest BCUT2D eigenvalue weighted by Crippen LogP contribution is -2.30. The number of aromatic carboxylic acids is 1. The number of ether oxygens (including phenoxy) is 2. The molecule has 1 aromatic heterocycles. The van der Waals surface area contributed by atoms with Crippen LogP contribution in [-0.4, -0.2) is 40.3 Å². The second-order valence-corrected chi connectivity index (χ2v) is 10.7. The third-order valence-corrected chi connectivity index (χ3v) is 8.00. The summed E-state index contributed by atoms with van der Waals surface area (Å²) in [5.41, 5.74) is 2.95. The van der Waals surface area contributed by atoms with Crippen LogP contribution in [0.25, 0.3) is 22.4 Å². The molecule has 40 heavy (non-hydrogen) atoms. The van der Waals surface area contributed by atoms with E-state index < -0.39 is 5.97 Å². The molecule has 2 heterocycles. The van der Waals surface area contributed by atoms with Gasteiger partial charge in [0.1, 0.15) is 11.6 Å². The first-order chi connectivity index (χ1) is 19.2. The molecule has 1 aliphatic heterocycles. The lowest BCUT2D eigenvalue weighted by Gasteiger charge is -2.25. The number of halogens is 1. The molecule has 6 rings (SSSR count). The Balaban J connectivity index is 0.00000323. The Labute approximate surface area is 240 Å². The maximum Gasteiger partial charge on any atom is 0.335 e. The highest BCUT2D eigenvalue weighted by Gasteiger charge is 2.23.